The van der Waals surface area contributed by atoms with Gasteiger partial charge in [0.15, 0.2) is 0 Å². The van der Waals surface area contributed by atoms with Gasteiger partial charge in [-0.15, -0.1) is 5.10 Å². The second kappa shape index (κ2) is 5.44. The molecule has 0 saturated carbocycles. The number of rotatable bonds is 3. The van der Waals surface area contributed by atoms with E-state index in [-0.39, 0.29) is 0 Å². The molecule has 0 bridgehead atoms. The van der Waals surface area contributed by atoms with E-state index in [0.717, 1.165) is 22.6 Å². The molecule has 0 unspecified atom stereocenters. The molecule has 0 amide bonds. The lowest BCUT2D eigenvalue weighted by molar-refractivity contribution is 1.02. The van der Waals surface area contributed by atoms with Gasteiger partial charge in [-0.1, -0.05) is 18.2 Å². The number of nitrogens with one attached hydrogen (secondary N) is 1. The van der Waals surface area contributed by atoms with Crippen molar-refractivity contribution in [1.82, 2.24) is 20.2 Å². The van der Waals surface area contributed by atoms with Crippen LogP contribution in [0.4, 0.5) is 11.6 Å². The fourth-order valence-corrected chi connectivity index (χ4v) is 1.83. The van der Waals surface area contributed by atoms with E-state index in [2.05, 4.69) is 25.5 Å². The molecule has 2 heterocycles. The number of para-hydroxylation sites is 1. The molecule has 0 atom stereocenters. The zero-order valence-electron chi connectivity index (χ0n) is 11.0. The summed E-state index contributed by atoms with van der Waals surface area (Å²) in [6.45, 7) is 2.04. The molecule has 0 fully saturated rings. The van der Waals surface area contributed by atoms with Crippen LogP contribution in [0, 0.1) is 6.92 Å². The van der Waals surface area contributed by atoms with Crippen LogP contribution in [0.15, 0.2) is 54.9 Å². The van der Waals surface area contributed by atoms with Crippen molar-refractivity contribution in [3.8, 4) is 11.4 Å². The van der Waals surface area contributed by atoms with E-state index in [4.69, 9.17) is 0 Å². The summed E-state index contributed by atoms with van der Waals surface area (Å²) in [5.41, 5.74) is 3.59. The van der Waals surface area contributed by atoms with Gasteiger partial charge in [-0.25, -0.2) is 9.97 Å². The zero-order chi connectivity index (χ0) is 13.8. The average Bonchev–Trinajstić information content (AvgIpc) is 2.51. The number of benzene rings is 1. The van der Waals surface area contributed by atoms with E-state index in [1.54, 1.807) is 12.4 Å². The van der Waals surface area contributed by atoms with Crippen LogP contribution in [0.5, 0.6) is 0 Å². The summed E-state index contributed by atoms with van der Waals surface area (Å²) in [5.74, 6) is 0.544. The van der Waals surface area contributed by atoms with E-state index in [0.29, 0.717) is 5.95 Å². The van der Waals surface area contributed by atoms with Gasteiger partial charge < -0.3 is 5.32 Å². The van der Waals surface area contributed by atoms with E-state index in [1.807, 2.05) is 49.4 Å². The molecule has 20 heavy (non-hydrogen) atoms. The van der Waals surface area contributed by atoms with Gasteiger partial charge >= 0.3 is 0 Å². The monoisotopic (exact) mass is 263 g/mol. The maximum Gasteiger partial charge on any atom is 0.227 e. The van der Waals surface area contributed by atoms with E-state index < -0.39 is 0 Å². The Morgan fingerprint density at radius 2 is 1.80 bits per heavy atom. The first kappa shape index (κ1) is 12.2. The number of nitrogens with zero attached hydrogens (tertiary/aromatic N) is 4. The summed E-state index contributed by atoms with van der Waals surface area (Å²) in [6.07, 6.45) is 3.34. The molecule has 2 aromatic heterocycles. The van der Waals surface area contributed by atoms with Crippen molar-refractivity contribution in [3.63, 3.8) is 0 Å². The molecule has 3 rings (SSSR count). The van der Waals surface area contributed by atoms with Gasteiger partial charge in [0.25, 0.3) is 0 Å². The van der Waals surface area contributed by atoms with Gasteiger partial charge in [-0.2, -0.15) is 5.10 Å². The third-order valence-electron chi connectivity index (χ3n) is 2.88. The molecule has 5 nitrogen and oxygen atoms in total. The van der Waals surface area contributed by atoms with Crippen molar-refractivity contribution in [2.24, 2.45) is 0 Å². The smallest absolute Gasteiger partial charge is 0.227 e. The fraction of sp³-hybridized carbons (Fsp3) is 0.0667. The van der Waals surface area contributed by atoms with Crippen LogP contribution in [-0.4, -0.2) is 20.2 Å². The Morgan fingerprint density at radius 1 is 0.900 bits per heavy atom. The van der Waals surface area contributed by atoms with Crippen molar-refractivity contribution in [2.45, 2.75) is 6.92 Å². The summed E-state index contributed by atoms with van der Waals surface area (Å²) in [5, 5.41) is 11.1. The third kappa shape index (κ3) is 2.61. The summed E-state index contributed by atoms with van der Waals surface area (Å²) >= 11 is 0. The van der Waals surface area contributed by atoms with Gasteiger partial charge in [-0.3, -0.25) is 0 Å². The van der Waals surface area contributed by atoms with Crippen molar-refractivity contribution in [3.05, 3.63) is 60.4 Å². The second-order valence-corrected chi connectivity index (χ2v) is 4.31. The Bertz CT molecular complexity index is 712. The first-order valence-electron chi connectivity index (χ1n) is 6.27. The SMILES string of the molecule is Cc1ccccc1Nc1nccc(-c2cccnn2)n1. The molecular weight excluding hydrogens is 250 g/mol. The maximum absolute atomic E-state index is 4.45. The average molecular weight is 263 g/mol. The molecule has 5 heteroatoms. The maximum atomic E-state index is 4.45. The number of aryl methyl sites for hydroxylation is 1. The summed E-state index contributed by atoms with van der Waals surface area (Å²) in [4.78, 5) is 8.69. The molecule has 1 N–H and O–H groups in total. The molecule has 0 aliphatic carbocycles. The fourth-order valence-electron chi connectivity index (χ4n) is 1.83. The minimum Gasteiger partial charge on any atom is -0.324 e. The van der Waals surface area contributed by atoms with Gasteiger partial charge in [0.2, 0.25) is 5.95 Å². The quantitative estimate of drug-likeness (QED) is 0.787. The minimum atomic E-state index is 0.544. The van der Waals surface area contributed by atoms with Crippen molar-refractivity contribution in [2.75, 3.05) is 5.32 Å². The van der Waals surface area contributed by atoms with Crippen molar-refractivity contribution >= 4 is 11.6 Å². The highest BCUT2D eigenvalue weighted by Crippen LogP contribution is 2.19. The highest BCUT2D eigenvalue weighted by molar-refractivity contribution is 5.60. The lowest BCUT2D eigenvalue weighted by Crippen LogP contribution is -1.99. The number of hydrogen-bond donors (Lipinski definition) is 1. The molecule has 0 saturated heterocycles. The molecule has 0 spiro atoms. The van der Waals surface area contributed by atoms with E-state index in [9.17, 15) is 0 Å². The molecule has 0 aliphatic heterocycles. The first-order chi connectivity index (χ1) is 9.83. The summed E-state index contributed by atoms with van der Waals surface area (Å²) in [6, 6.07) is 13.5. The lowest BCUT2D eigenvalue weighted by Gasteiger charge is -2.08. The zero-order valence-corrected chi connectivity index (χ0v) is 11.0. The summed E-state index contributed by atoms with van der Waals surface area (Å²) in [7, 11) is 0. The number of anilines is 2. The molecular formula is C15H13N5. The van der Waals surface area contributed by atoms with Gasteiger partial charge in [0.05, 0.1) is 5.69 Å². The molecule has 98 valence electrons. The Kier molecular flexibility index (Phi) is 3.33. The van der Waals surface area contributed by atoms with Crippen LogP contribution in [0.3, 0.4) is 0 Å². The standard InChI is InChI=1S/C15H13N5/c1-11-5-2-3-6-12(11)18-15-16-10-8-13(19-15)14-7-4-9-17-20-14/h2-10H,1H3,(H,16,18,19). The molecule has 0 aliphatic rings. The van der Waals surface area contributed by atoms with Crippen LogP contribution in [-0.2, 0) is 0 Å². The van der Waals surface area contributed by atoms with E-state index in [1.165, 1.54) is 0 Å². The Morgan fingerprint density at radius 3 is 2.60 bits per heavy atom. The largest absolute Gasteiger partial charge is 0.324 e. The van der Waals surface area contributed by atoms with Crippen LogP contribution in [0.2, 0.25) is 0 Å². The minimum absolute atomic E-state index is 0.544. The molecule has 1 aromatic carbocycles. The summed E-state index contributed by atoms with van der Waals surface area (Å²) < 4.78 is 0. The van der Waals surface area contributed by atoms with Crippen molar-refractivity contribution < 1.29 is 0 Å². The van der Waals surface area contributed by atoms with Gasteiger partial charge in [0, 0.05) is 18.1 Å². The molecule has 0 radical (unpaired) electrons. The van der Waals surface area contributed by atoms with Crippen LogP contribution in [0.25, 0.3) is 11.4 Å². The first-order valence-corrected chi connectivity index (χ1v) is 6.27. The molecule has 3 aromatic rings. The van der Waals surface area contributed by atoms with Gasteiger partial charge in [-0.05, 0) is 36.8 Å². The topological polar surface area (TPSA) is 63.6 Å². The predicted octanol–water partition coefficient (Wildman–Crippen LogP) is 2.99. The van der Waals surface area contributed by atoms with Crippen LogP contribution >= 0.6 is 0 Å². The lowest BCUT2D eigenvalue weighted by atomic mass is 10.2. The highest BCUT2D eigenvalue weighted by atomic mass is 15.1. The van der Waals surface area contributed by atoms with Crippen molar-refractivity contribution in [1.29, 1.82) is 0 Å². The third-order valence-corrected chi connectivity index (χ3v) is 2.88. The Balaban J connectivity index is 1.91. The van der Waals surface area contributed by atoms with Crippen LogP contribution in [0.1, 0.15) is 5.56 Å². The Hall–Kier alpha value is -2.82. The number of hydrogen-bond acceptors (Lipinski definition) is 5. The van der Waals surface area contributed by atoms with Gasteiger partial charge in [0.1, 0.15) is 5.69 Å². The second-order valence-electron chi connectivity index (χ2n) is 4.31. The Labute approximate surface area is 116 Å². The normalized spacial score (nSPS) is 10.2. The predicted molar refractivity (Wildman–Crippen MR) is 77.5 cm³/mol. The highest BCUT2D eigenvalue weighted by Gasteiger charge is 2.04. The van der Waals surface area contributed by atoms with E-state index >= 15 is 0 Å². The number of aromatic nitrogens is 4. The van der Waals surface area contributed by atoms with Crippen LogP contribution < -0.4 is 5.32 Å².